The Morgan fingerprint density at radius 3 is 2.29 bits per heavy atom. The van der Waals surface area contributed by atoms with Gasteiger partial charge in [-0.15, -0.1) is 0 Å². The van der Waals surface area contributed by atoms with Crippen LogP contribution in [0.2, 0.25) is 0 Å². The van der Waals surface area contributed by atoms with Crippen LogP contribution in [0.4, 0.5) is 0 Å². The summed E-state index contributed by atoms with van der Waals surface area (Å²) in [5, 5.41) is 0. The van der Waals surface area contributed by atoms with E-state index in [1.165, 1.54) is 51.4 Å². The highest BCUT2D eigenvalue weighted by Crippen LogP contribution is 2.96. The van der Waals surface area contributed by atoms with Crippen molar-refractivity contribution in [3.05, 3.63) is 0 Å². The molecule has 0 bridgehead atoms. The lowest BCUT2D eigenvalue weighted by atomic mass is 9.91. The molecule has 0 heterocycles. The van der Waals surface area contributed by atoms with Gasteiger partial charge in [0.15, 0.2) is 0 Å². The molecule has 4 rings (SSSR count). The van der Waals surface area contributed by atoms with Crippen molar-refractivity contribution in [2.75, 3.05) is 0 Å². The maximum Gasteiger partial charge on any atom is 0.140 e. The molecular weight excluding hydrogens is 172 g/mol. The fourth-order valence-electron chi connectivity index (χ4n) is 5.68. The topological polar surface area (TPSA) is 17.1 Å². The van der Waals surface area contributed by atoms with E-state index >= 15 is 0 Å². The third-order valence-electron chi connectivity index (χ3n) is 6.15. The van der Waals surface area contributed by atoms with Gasteiger partial charge in [0.05, 0.1) is 0 Å². The summed E-state index contributed by atoms with van der Waals surface area (Å²) in [5.41, 5.74) is 1.37. The lowest BCUT2D eigenvalue weighted by Gasteiger charge is -2.12. The van der Waals surface area contributed by atoms with E-state index in [0.29, 0.717) is 16.6 Å². The van der Waals surface area contributed by atoms with E-state index in [9.17, 15) is 4.79 Å². The van der Waals surface area contributed by atoms with Gasteiger partial charge in [-0.2, -0.15) is 0 Å². The Hall–Kier alpha value is -0.330. The summed E-state index contributed by atoms with van der Waals surface area (Å²) < 4.78 is 0. The highest BCUT2D eigenvalue weighted by Gasteiger charge is 2.93. The summed E-state index contributed by atoms with van der Waals surface area (Å²) in [6.07, 6.45) is 11.7. The van der Waals surface area contributed by atoms with Crippen LogP contribution in [-0.2, 0) is 4.79 Å². The fourth-order valence-corrected chi connectivity index (χ4v) is 5.68. The highest BCUT2D eigenvalue weighted by atomic mass is 16.1. The molecule has 0 aromatic carbocycles. The van der Waals surface area contributed by atoms with Gasteiger partial charge in [0.1, 0.15) is 5.78 Å². The largest absolute Gasteiger partial charge is 0.299 e. The van der Waals surface area contributed by atoms with Crippen LogP contribution < -0.4 is 0 Å². The van der Waals surface area contributed by atoms with Crippen LogP contribution in [0.5, 0.6) is 0 Å². The molecule has 4 saturated carbocycles. The van der Waals surface area contributed by atoms with Gasteiger partial charge in [-0.05, 0) is 42.9 Å². The van der Waals surface area contributed by atoms with Crippen LogP contribution in [-0.4, -0.2) is 5.78 Å². The lowest BCUT2D eigenvalue weighted by molar-refractivity contribution is -0.123. The van der Waals surface area contributed by atoms with Crippen molar-refractivity contribution in [1.82, 2.24) is 0 Å². The van der Waals surface area contributed by atoms with Crippen molar-refractivity contribution >= 4 is 5.78 Å². The Kier molecular flexibility index (Phi) is 1.11. The number of hydrogen-bond acceptors (Lipinski definition) is 1. The summed E-state index contributed by atoms with van der Waals surface area (Å²) in [6.45, 7) is 0. The van der Waals surface area contributed by atoms with Crippen LogP contribution in [0.25, 0.3) is 0 Å². The number of ketones is 1. The molecule has 0 N–H and O–H groups in total. The maximum atomic E-state index is 12.2. The van der Waals surface area contributed by atoms with Crippen molar-refractivity contribution in [2.45, 2.75) is 57.8 Å². The fraction of sp³-hybridized carbons (Fsp3) is 0.923. The van der Waals surface area contributed by atoms with Crippen molar-refractivity contribution in [1.29, 1.82) is 0 Å². The summed E-state index contributed by atoms with van der Waals surface area (Å²) in [6, 6.07) is 0. The van der Waals surface area contributed by atoms with Crippen molar-refractivity contribution < 1.29 is 4.79 Å². The molecule has 4 aliphatic carbocycles. The number of hydrogen-bond donors (Lipinski definition) is 0. The van der Waals surface area contributed by atoms with E-state index in [0.717, 1.165) is 6.42 Å². The molecule has 1 spiro atoms. The number of carbonyl (C=O) groups is 1. The van der Waals surface area contributed by atoms with E-state index in [4.69, 9.17) is 0 Å². The van der Waals surface area contributed by atoms with Gasteiger partial charge < -0.3 is 0 Å². The zero-order valence-electron chi connectivity index (χ0n) is 8.77. The molecule has 76 valence electrons. The molecular formula is C13H18O. The van der Waals surface area contributed by atoms with Crippen molar-refractivity contribution in [3.63, 3.8) is 0 Å². The Morgan fingerprint density at radius 1 is 0.786 bits per heavy atom. The Labute approximate surface area is 85.3 Å². The second-order valence-electron chi connectivity index (χ2n) is 6.05. The molecule has 0 amide bonds. The predicted octanol–water partition coefficient (Wildman–Crippen LogP) is 3.08. The van der Waals surface area contributed by atoms with Gasteiger partial charge in [-0.25, -0.2) is 0 Å². The Bertz CT molecular complexity index is 328. The molecule has 0 aromatic heterocycles. The van der Waals surface area contributed by atoms with Crippen molar-refractivity contribution in [2.24, 2.45) is 16.2 Å². The number of Topliss-reactive ketones (excluding diaryl/α,β-unsaturated/α-hetero) is 1. The van der Waals surface area contributed by atoms with Gasteiger partial charge in [0.25, 0.3) is 0 Å². The summed E-state index contributed by atoms with van der Waals surface area (Å²) in [5.74, 6) is 0.664. The number of carbonyl (C=O) groups excluding carboxylic acids is 1. The Morgan fingerprint density at radius 2 is 1.50 bits per heavy atom. The number of rotatable bonds is 0. The molecule has 0 saturated heterocycles. The molecule has 14 heavy (non-hydrogen) atoms. The van der Waals surface area contributed by atoms with Crippen molar-refractivity contribution in [3.8, 4) is 0 Å². The third kappa shape index (κ3) is 0.498. The van der Waals surface area contributed by atoms with Gasteiger partial charge in [-0.3, -0.25) is 4.79 Å². The van der Waals surface area contributed by atoms with E-state index < -0.39 is 0 Å². The molecule has 1 nitrogen and oxygen atoms in total. The van der Waals surface area contributed by atoms with Crippen LogP contribution in [0.3, 0.4) is 0 Å². The molecule has 4 aliphatic rings. The minimum atomic E-state index is 0.247. The van der Waals surface area contributed by atoms with Gasteiger partial charge >= 0.3 is 0 Å². The molecule has 0 radical (unpaired) electrons. The summed E-state index contributed by atoms with van der Waals surface area (Å²) in [7, 11) is 0. The predicted molar refractivity (Wildman–Crippen MR) is 53.9 cm³/mol. The highest BCUT2D eigenvalue weighted by molar-refractivity contribution is 5.95. The SMILES string of the molecule is O=C1CC[C@@]23CCCCC[C@@]12C31CC1. The monoisotopic (exact) mass is 190 g/mol. The van der Waals surface area contributed by atoms with Crippen LogP contribution in [0, 0.1) is 16.2 Å². The lowest BCUT2D eigenvalue weighted by Crippen LogP contribution is -2.16. The van der Waals surface area contributed by atoms with Gasteiger partial charge in [-0.1, -0.05) is 19.3 Å². The van der Waals surface area contributed by atoms with Crippen LogP contribution in [0.1, 0.15) is 57.8 Å². The molecule has 1 heteroatoms. The molecule has 0 aromatic rings. The average Bonchev–Trinajstić information content (AvgIpc) is 3.04. The first kappa shape index (κ1) is 7.90. The minimum Gasteiger partial charge on any atom is -0.299 e. The van der Waals surface area contributed by atoms with E-state index in [-0.39, 0.29) is 5.41 Å². The molecule has 4 fully saturated rings. The second-order valence-corrected chi connectivity index (χ2v) is 6.05. The first-order valence-corrected chi connectivity index (χ1v) is 6.33. The van der Waals surface area contributed by atoms with Gasteiger partial charge in [0.2, 0.25) is 0 Å². The van der Waals surface area contributed by atoms with E-state index in [1.807, 2.05) is 0 Å². The molecule has 2 atom stereocenters. The average molecular weight is 190 g/mol. The maximum absolute atomic E-state index is 12.2. The van der Waals surface area contributed by atoms with E-state index in [2.05, 4.69) is 0 Å². The van der Waals surface area contributed by atoms with Gasteiger partial charge in [0, 0.05) is 11.8 Å². The second kappa shape index (κ2) is 1.96. The standard InChI is InChI=1S/C13H18O/c14-10-4-7-11-5-2-1-3-6-13(10,11)12(11)8-9-12/h1-9H2/t11-,13-/m1/s1. The Balaban J connectivity index is 1.87. The zero-order valence-corrected chi connectivity index (χ0v) is 8.77. The molecule has 0 unspecified atom stereocenters. The van der Waals surface area contributed by atoms with E-state index in [1.54, 1.807) is 0 Å². The smallest absolute Gasteiger partial charge is 0.140 e. The van der Waals surface area contributed by atoms with Crippen LogP contribution in [0.15, 0.2) is 0 Å². The minimum absolute atomic E-state index is 0.247. The summed E-state index contributed by atoms with van der Waals surface area (Å²) >= 11 is 0. The first-order valence-electron chi connectivity index (χ1n) is 6.33. The molecule has 0 aliphatic heterocycles. The first-order chi connectivity index (χ1) is 6.79. The quantitative estimate of drug-likeness (QED) is 0.573. The third-order valence-corrected chi connectivity index (χ3v) is 6.15. The summed E-state index contributed by atoms with van der Waals surface area (Å²) in [4.78, 5) is 12.2. The normalized spacial score (nSPS) is 52.4. The van der Waals surface area contributed by atoms with Crippen LogP contribution >= 0.6 is 0 Å². The zero-order chi connectivity index (χ0) is 9.44.